The third kappa shape index (κ3) is 4.71. The van der Waals surface area contributed by atoms with Crippen LogP contribution in [-0.2, 0) is 22.5 Å². The fraction of sp³-hybridized carbons (Fsp3) is 0.312. The minimum atomic E-state index is -0.544. The molecule has 1 N–H and O–H groups in total. The van der Waals surface area contributed by atoms with Gasteiger partial charge in [0.15, 0.2) is 10.4 Å². The SMILES string of the molecule is CCOC(=O)c1c(CC)nc(Br)n1CC(=O)Nc1c(Cl)cc(Cl)cc1Cl. The number of carbonyl (C=O) groups excluding carboxylic acids is 2. The van der Waals surface area contributed by atoms with Crippen molar-refractivity contribution < 1.29 is 14.3 Å². The van der Waals surface area contributed by atoms with Gasteiger partial charge in [0.2, 0.25) is 5.91 Å². The smallest absolute Gasteiger partial charge is 0.356 e. The molecule has 0 aliphatic carbocycles. The number of aromatic nitrogens is 2. The highest BCUT2D eigenvalue weighted by Crippen LogP contribution is 2.33. The highest BCUT2D eigenvalue weighted by atomic mass is 79.9. The molecule has 1 amide bonds. The average molecular weight is 484 g/mol. The lowest BCUT2D eigenvalue weighted by molar-refractivity contribution is -0.116. The zero-order valence-electron chi connectivity index (χ0n) is 13.9. The van der Waals surface area contributed by atoms with E-state index in [1.54, 1.807) is 6.92 Å². The molecule has 10 heteroatoms. The Morgan fingerprint density at radius 3 is 2.38 bits per heavy atom. The molecule has 0 bridgehead atoms. The molecule has 0 atom stereocenters. The lowest BCUT2D eigenvalue weighted by atomic mass is 10.2. The zero-order valence-corrected chi connectivity index (χ0v) is 17.8. The molecule has 0 spiro atoms. The Balaban J connectivity index is 2.30. The second-order valence-electron chi connectivity index (χ2n) is 5.13. The van der Waals surface area contributed by atoms with Gasteiger partial charge in [0.25, 0.3) is 0 Å². The fourth-order valence-corrected chi connectivity index (χ4v) is 3.70. The van der Waals surface area contributed by atoms with E-state index < -0.39 is 11.9 Å². The van der Waals surface area contributed by atoms with Gasteiger partial charge in [0, 0.05) is 5.02 Å². The van der Waals surface area contributed by atoms with Crippen LogP contribution in [0.2, 0.25) is 15.1 Å². The Kier molecular flexibility index (Phi) is 7.34. The molecular formula is C16H15BrCl3N3O3. The van der Waals surface area contributed by atoms with Gasteiger partial charge in [-0.3, -0.25) is 4.79 Å². The molecule has 2 aromatic rings. The molecule has 0 fully saturated rings. The summed E-state index contributed by atoms with van der Waals surface area (Å²) in [6.45, 7) is 3.59. The minimum Gasteiger partial charge on any atom is -0.461 e. The largest absolute Gasteiger partial charge is 0.461 e. The number of carbonyl (C=O) groups is 2. The molecule has 26 heavy (non-hydrogen) atoms. The molecule has 1 aromatic carbocycles. The first-order chi connectivity index (χ1) is 12.3. The van der Waals surface area contributed by atoms with Crippen LogP contribution in [-0.4, -0.2) is 28.0 Å². The summed E-state index contributed by atoms with van der Waals surface area (Å²) in [6, 6.07) is 2.94. The molecule has 2 rings (SSSR count). The van der Waals surface area contributed by atoms with E-state index in [2.05, 4.69) is 26.2 Å². The molecule has 0 unspecified atom stereocenters. The number of ether oxygens (including phenoxy) is 1. The third-order valence-corrected chi connectivity index (χ3v) is 4.79. The molecule has 0 saturated carbocycles. The van der Waals surface area contributed by atoms with Crippen molar-refractivity contribution in [3.63, 3.8) is 0 Å². The number of hydrogen-bond donors (Lipinski definition) is 1. The fourth-order valence-electron chi connectivity index (χ4n) is 2.28. The van der Waals surface area contributed by atoms with Gasteiger partial charge in [-0.1, -0.05) is 41.7 Å². The van der Waals surface area contributed by atoms with Gasteiger partial charge in [0.1, 0.15) is 6.54 Å². The van der Waals surface area contributed by atoms with Crippen molar-refractivity contribution in [2.75, 3.05) is 11.9 Å². The number of hydrogen-bond acceptors (Lipinski definition) is 4. The van der Waals surface area contributed by atoms with Crippen molar-refractivity contribution in [3.05, 3.63) is 43.3 Å². The molecule has 0 radical (unpaired) electrons. The zero-order chi connectivity index (χ0) is 19.4. The van der Waals surface area contributed by atoms with Crippen LogP contribution in [0.1, 0.15) is 30.0 Å². The quantitative estimate of drug-likeness (QED) is 0.588. The Bertz CT molecular complexity index is 832. The number of nitrogens with zero attached hydrogens (tertiary/aromatic N) is 2. The topological polar surface area (TPSA) is 73.2 Å². The maximum atomic E-state index is 12.5. The van der Waals surface area contributed by atoms with Crippen LogP contribution in [0.5, 0.6) is 0 Å². The van der Waals surface area contributed by atoms with E-state index in [1.807, 2.05) is 6.92 Å². The van der Waals surface area contributed by atoms with Gasteiger partial charge < -0.3 is 14.6 Å². The Morgan fingerprint density at radius 1 is 1.23 bits per heavy atom. The van der Waals surface area contributed by atoms with Crippen molar-refractivity contribution in [1.29, 1.82) is 0 Å². The van der Waals surface area contributed by atoms with Gasteiger partial charge in [0.05, 0.1) is 28.0 Å². The summed E-state index contributed by atoms with van der Waals surface area (Å²) in [7, 11) is 0. The van der Waals surface area contributed by atoms with E-state index in [-0.39, 0.29) is 34.6 Å². The van der Waals surface area contributed by atoms with Crippen molar-refractivity contribution >= 4 is 68.3 Å². The summed E-state index contributed by atoms with van der Waals surface area (Å²) in [6.07, 6.45) is 0.510. The summed E-state index contributed by atoms with van der Waals surface area (Å²) in [5, 5.41) is 3.40. The lowest BCUT2D eigenvalue weighted by Gasteiger charge is -2.12. The van der Waals surface area contributed by atoms with Crippen molar-refractivity contribution in [3.8, 4) is 0 Å². The number of aryl methyl sites for hydroxylation is 1. The van der Waals surface area contributed by atoms with Gasteiger partial charge in [-0.2, -0.15) is 0 Å². The average Bonchev–Trinajstić information content (AvgIpc) is 2.87. The Hall–Kier alpha value is -1.28. The minimum absolute atomic E-state index is 0.184. The van der Waals surface area contributed by atoms with E-state index in [4.69, 9.17) is 39.5 Å². The Labute approximate surface area is 173 Å². The van der Waals surface area contributed by atoms with Crippen LogP contribution in [0, 0.1) is 0 Å². The number of esters is 1. The summed E-state index contributed by atoms with van der Waals surface area (Å²) in [5.41, 5.74) is 1.00. The number of rotatable bonds is 6. The highest BCUT2D eigenvalue weighted by Gasteiger charge is 2.24. The van der Waals surface area contributed by atoms with Crippen molar-refractivity contribution in [2.24, 2.45) is 0 Å². The van der Waals surface area contributed by atoms with Gasteiger partial charge >= 0.3 is 5.97 Å². The van der Waals surface area contributed by atoms with E-state index in [0.29, 0.717) is 21.9 Å². The third-order valence-electron chi connectivity index (χ3n) is 3.37. The van der Waals surface area contributed by atoms with E-state index in [1.165, 1.54) is 16.7 Å². The summed E-state index contributed by atoms with van der Waals surface area (Å²) in [4.78, 5) is 29.0. The number of amides is 1. The normalized spacial score (nSPS) is 10.7. The molecule has 140 valence electrons. The first-order valence-electron chi connectivity index (χ1n) is 7.64. The van der Waals surface area contributed by atoms with E-state index >= 15 is 0 Å². The molecule has 0 saturated heterocycles. The van der Waals surface area contributed by atoms with E-state index in [9.17, 15) is 9.59 Å². The number of imidazole rings is 1. The highest BCUT2D eigenvalue weighted by molar-refractivity contribution is 9.10. The molecular weight excluding hydrogens is 468 g/mol. The molecule has 1 aromatic heterocycles. The van der Waals surface area contributed by atoms with Crippen LogP contribution in [0.15, 0.2) is 16.9 Å². The molecule has 1 heterocycles. The van der Waals surface area contributed by atoms with E-state index in [0.717, 1.165) is 0 Å². The molecule has 6 nitrogen and oxygen atoms in total. The first-order valence-corrected chi connectivity index (χ1v) is 9.57. The van der Waals surface area contributed by atoms with Gasteiger partial charge in [-0.15, -0.1) is 0 Å². The Morgan fingerprint density at radius 2 is 1.85 bits per heavy atom. The standard InChI is InChI=1S/C16H15BrCl3N3O3/c1-3-11-14(15(25)26-4-2)23(16(17)21-11)7-12(24)22-13-9(19)5-8(18)6-10(13)20/h5-6H,3-4,7H2,1-2H3,(H,22,24). The van der Waals surface area contributed by atoms with Crippen LogP contribution >= 0.6 is 50.7 Å². The van der Waals surface area contributed by atoms with Crippen LogP contribution in [0.4, 0.5) is 5.69 Å². The summed E-state index contributed by atoms with van der Waals surface area (Å²) < 4.78 is 6.85. The van der Waals surface area contributed by atoms with Crippen LogP contribution in [0.3, 0.4) is 0 Å². The second kappa shape index (κ2) is 9.08. The van der Waals surface area contributed by atoms with Crippen molar-refractivity contribution in [1.82, 2.24) is 9.55 Å². The van der Waals surface area contributed by atoms with Crippen LogP contribution < -0.4 is 5.32 Å². The monoisotopic (exact) mass is 481 g/mol. The second-order valence-corrected chi connectivity index (χ2v) is 7.09. The molecule has 0 aliphatic rings. The number of anilines is 1. The predicted molar refractivity (Wildman–Crippen MR) is 105 cm³/mol. The van der Waals surface area contributed by atoms with Gasteiger partial charge in [-0.05, 0) is 41.4 Å². The first kappa shape index (κ1) is 21.0. The maximum Gasteiger partial charge on any atom is 0.356 e. The number of benzene rings is 1. The number of halogens is 4. The van der Waals surface area contributed by atoms with Gasteiger partial charge in [-0.25, -0.2) is 9.78 Å². The summed E-state index contributed by atoms with van der Waals surface area (Å²) >= 11 is 21.3. The summed E-state index contributed by atoms with van der Waals surface area (Å²) in [5.74, 6) is -0.986. The molecule has 0 aliphatic heterocycles. The lowest BCUT2D eigenvalue weighted by Crippen LogP contribution is -2.23. The predicted octanol–water partition coefficient (Wildman–Crippen LogP) is 4.98. The maximum absolute atomic E-state index is 12.5. The van der Waals surface area contributed by atoms with Crippen molar-refractivity contribution in [2.45, 2.75) is 26.8 Å². The van der Waals surface area contributed by atoms with Crippen LogP contribution in [0.25, 0.3) is 0 Å². The number of nitrogens with one attached hydrogen (secondary N) is 1.